The highest BCUT2D eigenvalue weighted by molar-refractivity contribution is 9.09. The SMILES string of the molecule is NC/C(=C/F)CBr. The van der Waals surface area contributed by atoms with E-state index in [0.717, 1.165) is 0 Å². The van der Waals surface area contributed by atoms with Crippen molar-refractivity contribution in [3.05, 3.63) is 11.9 Å². The van der Waals surface area contributed by atoms with Gasteiger partial charge in [-0.3, -0.25) is 0 Å². The number of halogens is 2. The molecule has 0 unspecified atom stereocenters. The van der Waals surface area contributed by atoms with Crippen LogP contribution in [0, 0.1) is 0 Å². The van der Waals surface area contributed by atoms with E-state index < -0.39 is 0 Å². The van der Waals surface area contributed by atoms with Gasteiger partial charge in [0.2, 0.25) is 0 Å². The molecule has 0 spiro atoms. The maximum absolute atomic E-state index is 11.4. The van der Waals surface area contributed by atoms with Crippen LogP contribution in [0.2, 0.25) is 0 Å². The highest BCUT2D eigenvalue weighted by Crippen LogP contribution is 1.95. The van der Waals surface area contributed by atoms with Crippen molar-refractivity contribution in [3.8, 4) is 0 Å². The summed E-state index contributed by atoms with van der Waals surface area (Å²) in [6, 6.07) is 0. The molecule has 0 heterocycles. The lowest BCUT2D eigenvalue weighted by Crippen LogP contribution is -2.02. The van der Waals surface area contributed by atoms with Crippen LogP contribution in [0.3, 0.4) is 0 Å². The third-order valence-electron chi connectivity index (χ3n) is 0.588. The van der Waals surface area contributed by atoms with Crippen molar-refractivity contribution in [1.29, 1.82) is 0 Å². The van der Waals surface area contributed by atoms with Crippen LogP contribution in [0.15, 0.2) is 11.9 Å². The van der Waals surface area contributed by atoms with Crippen LogP contribution in [0.1, 0.15) is 0 Å². The number of alkyl halides is 1. The van der Waals surface area contributed by atoms with Gasteiger partial charge in [-0.2, -0.15) is 0 Å². The van der Waals surface area contributed by atoms with E-state index >= 15 is 0 Å². The molecule has 0 aliphatic heterocycles. The summed E-state index contributed by atoms with van der Waals surface area (Å²) in [5, 5.41) is 0.528. The van der Waals surface area contributed by atoms with Crippen molar-refractivity contribution in [2.75, 3.05) is 11.9 Å². The summed E-state index contributed by atoms with van der Waals surface area (Å²) in [6.07, 6.45) is 0.523. The predicted molar refractivity (Wildman–Crippen MR) is 32.0 cm³/mol. The minimum absolute atomic E-state index is 0.293. The van der Waals surface area contributed by atoms with Crippen molar-refractivity contribution < 1.29 is 4.39 Å². The zero-order chi connectivity index (χ0) is 5.70. The van der Waals surface area contributed by atoms with Crippen molar-refractivity contribution >= 4 is 15.9 Å². The second-order valence-corrected chi connectivity index (χ2v) is 1.67. The number of nitrogens with two attached hydrogens (primary N) is 1. The lowest BCUT2D eigenvalue weighted by Gasteiger charge is -1.89. The normalized spacial score (nSPS) is 12.1. The van der Waals surface area contributed by atoms with Gasteiger partial charge in [-0.15, -0.1) is 0 Å². The van der Waals surface area contributed by atoms with Crippen molar-refractivity contribution in [3.63, 3.8) is 0 Å². The van der Waals surface area contributed by atoms with Crippen LogP contribution in [0.4, 0.5) is 4.39 Å². The lowest BCUT2D eigenvalue weighted by atomic mass is 10.4. The topological polar surface area (TPSA) is 26.0 Å². The Morgan fingerprint density at radius 2 is 2.43 bits per heavy atom. The van der Waals surface area contributed by atoms with Crippen LogP contribution < -0.4 is 5.73 Å². The quantitative estimate of drug-likeness (QED) is 0.615. The van der Waals surface area contributed by atoms with Crippen LogP contribution in [0.5, 0.6) is 0 Å². The fourth-order valence-corrected chi connectivity index (χ4v) is 0.480. The molecule has 0 aromatic carbocycles. The summed E-state index contributed by atoms with van der Waals surface area (Å²) in [7, 11) is 0. The first kappa shape index (κ1) is 7.11. The average molecular weight is 168 g/mol. The molecule has 1 nitrogen and oxygen atoms in total. The number of rotatable bonds is 2. The molecule has 0 saturated heterocycles. The van der Waals surface area contributed by atoms with Gasteiger partial charge in [-0.25, -0.2) is 4.39 Å². The summed E-state index contributed by atoms with van der Waals surface area (Å²) in [6.45, 7) is 0.293. The molecular formula is C4H7BrFN. The van der Waals surface area contributed by atoms with Crippen LogP contribution in [0.25, 0.3) is 0 Å². The predicted octanol–water partition coefficient (Wildman–Crippen LogP) is 1.19. The molecule has 0 aliphatic rings. The smallest absolute Gasteiger partial charge is 0.0880 e. The maximum Gasteiger partial charge on any atom is 0.0880 e. The second-order valence-electron chi connectivity index (χ2n) is 1.11. The van der Waals surface area contributed by atoms with Crippen LogP contribution in [-0.2, 0) is 0 Å². The molecule has 0 saturated carbocycles. The van der Waals surface area contributed by atoms with Gasteiger partial charge in [-0.1, -0.05) is 15.9 Å². The molecule has 0 radical (unpaired) electrons. The molecule has 0 fully saturated rings. The molecule has 0 aliphatic carbocycles. The van der Waals surface area contributed by atoms with Crippen molar-refractivity contribution in [1.82, 2.24) is 0 Å². The Labute approximate surface area is 50.5 Å². The number of hydrogen-bond acceptors (Lipinski definition) is 1. The van der Waals surface area contributed by atoms with E-state index in [4.69, 9.17) is 5.73 Å². The Balaban J connectivity index is 3.38. The fourth-order valence-electron chi connectivity index (χ4n) is 0.128. The first-order valence-electron chi connectivity index (χ1n) is 1.89. The molecule has 0 rings (SSSR count). The van der Waals surface area contributed by atoms with Crippen molar-refractivity contribution in [2.24, 2.45) is 5.73 Å². The minimum atomic E-state index is 0.293. The molecule has 7 heavy (non-hydrogen) atoms. The Hall–Kier alpha value is 0.110. The molecule has 0 aromatic rings. The van der Waals surface area contributed by atoms with Gasteiger partial charge >= 0.3 is 0 Å². The van der Waals surface area contributed by atoms with Crippen LogP contribution in [-0.4, -0.2) is 11.9 Å². The maximum atomic E-state index is 11.4. The highest BCUT2D eigenvalue weighted by Gasteiger charge is 1.86. The standard InChI is InChI=1S/C4H7BrFN/c5-1-4(2-6)3-7/h2H,1,3,7H2/b4-2+. The monoisotopic (exact) mass is 167 g/mol. The molecule has 3 heteroatoms. The molecule has 42 valence electrons. The number of hydrogen-bond donors (Lipinski definition) is 1. The Morgan fingerprint density at radius 3 is 2.43 bits per heavy atom. The third-order valence-corrected chi connectivity index (χ3v) is 1.31. The van der Waals surface area contributed by atoms with E-state index in [1.807, 2.05) is 0 Å². The molecular weight excluding hydrogens is 161 g/mol. The van der Waals surface area contributed by atoms with Gasteiger partial charge in [0.25, 0.3) is 0 Å². The summed E-state index contributed by atoms with van der Waals surface area (Å²) >= 11 is 3.05. The van der Waals surface area contributed by atoms with Gasteiger partial charge in [0.15, 0.2) is 0 Å². The fraction of sp³-hybridized carbons (Fsp3) is 0.500. The molecule has 2 N–H and O–H groups in total. The third kappa shape index (κ3) is 2.76. The molecule has 0 bridgehead atoms. The van der Waals surface area contributed by atoms with Gasteiger partial charge in [0.1, 0.15) is 0 Å². The lowest BCUT2D eigenvalue weighted by molar-refractivity contribution is 0.706. The first-order chi connectivity index (χ1) is 3.35. The average Bonchev–Trinajstić information content (AvgIpc) is 1.72. The van der Waals surface area contributed by atoms with Gasteiger partial charge in [0, 0.05) is 11.9 Å². The van der Waals surface area contributed by atoms with E-state index in [2.05, 4.69) is 15.9 Å². The summed E-state index contributed by atoms with van der Waals surface area (Å²) in [4.78, 5) is 0. The summed E-state index contributed by atoms with van der Waals surface area (Å²) < 4.78 is 11.4. The Morgan fingerprint density at radius 1 is 1.86 bits per heavy atom. The zero-order valence-corrected chi connectivity index (χ0v) is 5.41. The minimum Gasteiger partial charge on any atom is -0.327 e. The highest BCUT2D eigenvalue weighted by atomic mass is 79.9. The Bertz CT molecular complexity index is 66.1. The molecule has 0 amide bonds. The first-order valence-corrected chi connectivity index (χ1v) is 3.01. The van der Waals surface area contributed by atoms with E-state index in [-0.39, 0.29) is 0 Å². The Kier molecular flexibility index (Phi) is 4.34. The van der Waals surface area contributed by atoms with Crippen molar-refractivity contribution in [2.45, 2.75) is 0 Å². The summed E-state index contributed by atoms with van der Waals surface area (Å²) in [5.74, 6) is 0. The van der Waals surface area contributed by atoms with E-state index in [9.17, 15) is 4.39 Å². The van der Waals surface area contributed by atoms with Gasteiger partial charge in [0.05, 0.1) is 6.33 Å². The van der Waals surface area contributed by atoms with Crippen LogP contribution >= 0.6 is 15.9 Å². The largest absolute Gasteiger partial charge is 0.327 e. The second kappa shape index (κ2) is 4.27. The summed E-state index contributed by atoms with van der Waals surface area (Å²) in [5.41, 5.74) is 5.64. The zero-order valence-electron chi connectivity index (χ0n) is 3.82. The van der Waals surface area contributed by atoms with E-state index in [0.29, 0.717) is 23.8 Å². The van der Waals surface area contributed by atoms with E-state index in [1.165, 1.54) is 0 Å². The van der Waals surface area contributed by atoms with E-state index in [1.54, 1.807) is 0 Å². The van der Waals surface area contributed by atoms with Gasteiger partial charge < -0.3 is 5.73 Å². The molecule has 0 aromatic heterocycles. The van der Waals surface area contributed by atoms with Gasteiger partial charge in [-0.05, 0) is 5.57 Å². The molecule has 0 atom stereocenters.